The molecule has 1 N–H and O–H groups in total. The van der Waals surface area contributed by atoms with Crippen LogP contribution in [0, 0.1) is 11.6 Å². The molecule has 0 saturated heterocycles. The molecule has 0 aromatic heterocycles. The van der Waals surface area contributed by atoms with Crippen LogP contribution in [0.1, 0.15) is 5.56 Å². The summed E-state index contributed by atoms with van der Waals surface area (Å²) < 4.78 is 70.6. The highest BCUT2D eigenvalue weighted by Crippen LogP contribution is 2.31. The van der Waals surface area contributed by atoms with Crippen molar-refractivity contribution in [3.8, 4) is 5.75 Å². The Kier molecular flexibility index (Phi) is 3.89. The lowest BCUT2D eigenvalue weighted by Crippen LogP contribution is -2.07. The van der Waals surface area contributed by atoms with Crippen LogP contribution in [0.25, 0.3) is 0 Å². The number of aromatic hydroxyl groups is 1. The molecule has 0 aliphatic rings. The van der Waals surface area contributed by atoms with Crippen LogP contribution in [0.3, 0.4) is 0 Å². The molecule has 1 aromatic rings. The van der Waals surface area contributed by atoms with Gasteiger partial charge in [0.1, 0.15) is 10.7 Å². The van der Waals surface area contributed by atoms with Crippen molar-refractivity contribution in [3.63, 3.8) is 0 Å². The van der Waals surface area contributed by atoms with Crippen molar-refractivity contribution in [2.75, 3.05) is 6.26 Å². The molecule has 0 heterocycles. The van der Waals surface area contributed by atoms with Gasteiger partial charge in [-0.15, -0.1) is 0 Å². The zero-order valence-electron chi connectivity index (χ0n) is 8.82. The van der Waals surface area contributed by atoms with Gasteiger partial charge in [0, 0.05) is 22.5 Å². The lowest BCUT2D eigenvalue weighted by molar-refractivity contribution is 0.408. The number of hydrogen-bond donors (Lipinski definition) is 1. The number of phenolic OH excluding ortho intramolecular Hbond substituents is 1. The highest BCUT2D eigenvalue weighted by Gasteiger charge is 2.26. The van der Waals surface area contributed by atoms with Gasteiger partial charge in [-0.05, 0) is 6.07 Å². The van der Waals surface area contributed by atoms with Crippen molar-refractivity contribution in [3.05, 3.63) is 23.3 Å². The largest absolute Gasteiger partial charge is 0.505 e. The minimum absolute atomic E-state index is 0.411. The monoisotopic (exact) mass is 320 g/mol. The molecular weight excluding hydrogens is 314 g/mol. The quantitative estimate of drug-likeness (QED) is 0.844. The SMILES string of the molecule is CS(=O)(=O)c1c(F)cc(CS(=O)(=O)Cl)c(O)c1F. The van der Waals surface area contributed by atoms with E-state index in [-0.39, 0.29) is 0 Å². The lowest BCUT2D eigenvalue weighted by Gasteiger charge is -2.08. The minimum atomic E-state index is -4.24. The van der Waals surface area contributed by atoms with Crippen molar-refractivity contribution in [2.45, 2.75) is 10.6 Å². The predicted molar refractivity (Wildman–Crippen MR) is 59.6 cm³/mol. The van der Waals surface area contributed by atoms with Gasteiger partial charge in [0.15, 0.2) is 21.4 Å². The van der Waals surface area contributed by atoms with Gasteiger partial charge in [0.25, 0.3) is 0 Å². The molecule has 0 spiro atoms. The first-order valence-electron chi connectivity index (χ1n) is 4.25. The molecule has 0 fully saturated rings. The Morgan fingerprint density at radius 3 is 2.17 bits per heavy atom. The fourth-order valence-electron chi connectivity index (χ4n) is 1.28. The molecule has 0 amide bonds. The third kappa shape index (κ3) is 3.30. The Morgan fingerprint density at radius 2 is 1.78 bits per heavy atom. The van der Waals surface area contributed by atoms with E-state index in [1.807, 2.05) is 0 Å². The molecule has 10 heteroatoms. The van der Waals surface area contributed by atoms with E-state index >= 15 is 0 Å². The number of benzene rings is 1. The maximum atomic E-state index is 13.5. The van der Waals surface area contributed by atoms with Gasteiger partial charge in [-0.25, -0.2) is 25.6 Å². The molecule has 0 saturated carbocycles. The van der Waals surface area contributed by atoms with Crippen molar-refractivity contribution in [2.24, 2.45) is 0 Å². The maximum Gasteiger partial charge on any atom is 0.236 e. The fourth-order valence-corrected chi connectivity index (χ4v) is 3.06. The Hall–Kier alpha value is -0.930. The molecule has 1 aromatic carbocycles. The fraction of sp³-hybridized carbons (Fsp3) is 0.250. The van der Waals surface area contributed by atoms with Crippen LogP contribution >= 0.6 is 10.7 Å². The molecule has 1 rings (SSSR count). The summed E-state index contributed by atoms with van der Waals surface area (Å²) in [5, 5.41) is 9.30. The molecule has 0 radical (unpaired) electrons. The summed E-state index contributed by atoms with van der Waals surface area (Å²) in [6.07, 6.45) is 0.548. The van der Waals surface area contributed by atoms with Crippen LogP contribution < -0.4 is 0 Å². The maximum absolute atomic E-state index is 13.5. The topological polar surface area (TPSA) is 88.5 Å². The first-order chi connectivity index (χ1) is 7.93. The Labute approximate surface area is 106 Å². The second-order valence-electron chi connectivity index (χ2n) is 3.46. The molecule has 5 nitrogen and oxygen atoms in total. The summed E-state index contributed by atoms with van der Waals surface area (Å²) in [4.78, 5) is -1.32. The third-order valence-electron chi connectivity index (χ3n) is 1.93. The molecule has 18 heavy (non-hydrogen) atoms. The summed E-state index contributed by atoms with van der Waals surface area (Å²) in [6.45, 7) is 0. The van der Waals surface area contributed by atoms with Crippen LogP contribution in [0.5, 0.6) is 5.75 Å². The highest BCUT2D eigenvalue weighted by molar-refractivity contribution is 8.13. The summed E-state index contributed by atoms with van der Waals surface area (Å²) in [5.41, 5.74) is -0.660. The number of phenols is 1. The van der Waals surface area contributed by atoms with E-state index in [1.54, 1.807) is 0 Å². The van der Waals surface area contributed by atoms with Crippen molar-refractivity contribution >= 4 is 29.6 Å². The van der Waals surface area contributed by atoms with E-state index < -0.39 is 52.5 Å². The van der Waals surface area contributed by atoms with Crippen LogP contribution in [0.15, 0.2) is 11.0 Å². The van der Waals surface area contributed by atoms with E-state index in [0.717, 1.165) is 0 Å². The summed E-state index contributed by atoms with van der Waals surface area (Å²) in [6, 6.07) is 0.411. The van der Waals surface area contributed by atoms with E-state index in [9.17, 15) is 30.7 Å². The van der Waals surface area contributed by atoms with E-state index in [4.69, 9.17) is 10.7 Å². The van der Waals surface area contributed by atoms with Crippen LogP contribution in [0.4, 0.5) is 8.78 Å². The molecular formula is C8H7ClF2O5S2. The van der Waals surface area contributed by atoms with Crippen LogP contribution in [-0.4, -0.2) is 28.2 Å². The zero-order valence-corrected chi connectivity index (χ0v) is 11.2. The first kappa shape index (κ1) is 15.1. The molecule has 0 aliphatic carbocycles. The number of sulfone groups is 1. The van der Waals surface area contributed by atoms with Gasteiger partial charge in [-0.3, -0.25) is 0 Å². The lowest BCUT2D eigenvalue weighted by atomic mass is 10.2. The molecule has 0 aliphatic heterocycles. The first-order valence-corrected chi connectivity index (χ1v) is 8.62. The number of hydrogen-bond acceptors (Lipinski definition) is 5. The van der Waals surface area contributed by atoms with Crippen LogP contribution in [0.2, 0.25) is 0 Å². The second kappa shape index (κ2) is 4.63. The van der Waals surface area contributed by atoms with Gasteiger partial charge in [-0.2, -0.15) is 0 Å². The van der Waals surface area contributed by atoms with Gasteiger partial charge in [0.2, 0.25) is 9.05 Å². The zero-order chi connectivity index (χ0) is 14.3. The van der Waals surface area contributed by atoms with Gasteiger partial charge < -0.3 is 5.11 Å². The minimum Gasteiger partial charge on any atom is -0.505 e. The molecule has 0 unspecified atom stereocenters. The van der Waals surface area contributed by atoms with Gasteiger partial charge in [-0.1, -0.05) is 0 Å². The average Bonchev–Trinajstić information content (AvgIpc) is 2.08. The Bertz CT molecular complexity index is 697. The normalized spacial score (nSPS) is 12.7. The van der Waals surface area contributed by atoms with Crippen LogP contribution in [-0.2, 0) is 24.6 Å². The van der Waals surface area contributed by atoms with Crippen molar-refractivity contribution in [1.29, 1.82) is 0 Å². The number of halogens is 3. The summed E-state index contributed by atoms with van der Waals surface area (Å²) in [5.74, 6) is -5.53. The smallest absolute Gasteiger partial charge is 0.236 e. The van der Waals surface area contributed by atoms with Gasteiger partial charge >= 0.3 is 0 Å². The highest BCUT2D eigenvalue weighted by atomic mass is 35.7. The predicted octanol–water partition coefficient (Wildman–Crippen LogP) is 1.14. The molecule has 102 valence electrons. The second-order valence-corrected chi connectivity index (χ2v) is 8.19. The third-order valence-corrected chi connectivity index (χ3v) is 4.03. The van der Waals surface area contributed by atoms with Crippen molar-refractivity contribution in [1.82, 2.24) is 0 Å². The van der Waals surface area contributed by atoms with Gasteiger partial charge in [0.05, 0.1) is 5.75 Å². The van der Waals surface area contributed by atoms with Crippen molar-refractivity contribution < 1.29 is 30.7 Å². The standard InChI is InChI=1S/C8H7ClF2O5S2/c1-17(13,14)8-5(10)2-4(3-18(9,15)16)7(12)6(8)11/h2,12H,3H2,1H3. The average molecular weight is 321 g/mol. The Balaban J connectivity index is 3.58. The summed E-state index contributed by atoms with van der Waals surface area (Å²) in [7, 11) is -3.52. The number of rotatable bonds is 3. The molecule has 0 bridgehead atoms. The van der Waals surface area contributed by atoms with E-state index in [1.165, 1.54) is 0 Å². The van der Waals surface area contributed by atoms with E-state index in [2.05, 4.69) is 0 Å². The Morgan fingerprint density at radius 1 is 1.28 bits per heavy atom. The molecule has 0 atom stereocenters. The van der Waals surface area contributed by atoms with E-state index in [0.29, 0.717) is 12.3 Å². The summed E-state index contributed by atoms with van der Waals surface area (Å²) >= 11 is 0.